The number of rotatable bonds is 5. The van der Waals surface area contributed by atoms with E-state index < -0.39 is 29.7 Å². The molecule has 0 radical (unpaired) electrons. The molecule has 0 saturated carbocycles. The summed E-state index contributed by atoms with van der Waals surface area (Å²) in [5, 5.41) is 12.4. The van der Waals surface area contributed by atoms with Gasteiger partial charge in [-0.15, -0.1) is 0 Å². The van der Waals surface area contributed by atoms with Crippen LogP contribution in [0.25, 0.3) is 0 Å². The first-order valence-electron chi connectivity index (χ1n) is 8.17. The van der Waals surface area contributed by atoms with Gasteiger partial charge in [-0.1, -0.05) is 17.7 Å². The number of nitrogens with one attached hydrogen (secondary N) is 1. The fourth-order valence-corrected chi connectivity index (χ4v) is 3.14. The van der Waals surface area contributed by atoms with Crippen molar-refractivity contribution in [2.45, 2.75) is 12.5 Å². The molecule has 2 N–H and O–H groups in total. The lowest BCUT2D eigenvalue weighted by Gasteiger charge is -2.26. The lowest BCUT2D eigenvalue weighted by atomic mass is 9.95. The molecule has 2 aromatic carbocycles. The minimum Gasteiger partial charge on any atom is -0.494 e. The van der Waals surface area contributed by atoms with Gasteiger partial charge in [0, 0.05) is 5.02 Å². The molecule has 8 heteroatoms. The summed E-state index contributed by atoms with van der Waals surface area (Å²) in [7, 11) is 1.31. The molecule has 0 fully saturated rings. The van der Waals surface area contributed by atoms with Crippen LogP contribution in [0.1, 0.15) is 17.2 Å². The molecule has 0 spiro atoms. The number of fused-ring (bicyclic) bond motifs is 1. The third-order valence-electron chi connectivity index (χ3n) is 4.34. The number of methoxy groups -OCH3 is 1. The number of benzene rings is 2. The molecular weight excluding hydrogens is 377 g/mol. The maximum absolute atomic E-state index is 13.9. The van der Waals surface area contributed by atoms with Crippen molar-refractivity contribution < 1.29 is 28.6 Å². The number of carbonyl (C=O) groups excluding carboxylic acids is 1. The summed E-state index contributed by atoms with van der Waals surface area (Å²) in [6.07, 6.45) is 0.366. The van der Waals surface area contributed by atoms with Gasteiger partial charge >= 0.3 is 5.97 Å². The van der Waals surface area contributed by atoms with E-state index in [9.17, 15) is 19.1 Å². The molecule has 0 bridgehead atoms. The van der Waals surface area contributed by atoms with Crippen LogP contribution in [-0.2, 0) is 16.0 Å². The topological polar surface area (TPSA) is 84.9 Å². The summed E-state index contributed by atoms with van der Waals surface area (Å²) in [5.41, 5.74) is 0.880. The van der Waals surface area contributed by atoms with Gasteiger partial charge in [0.2, 0.25) is 5.91 Å². The number of carbonyl (C=O) groups is 2. The lowest BCUT2D eigenvalue weighted by Crippen LogP contribution is -2.41. The number of hydrogen-bond donors (Lipinski definition) is 2. The number of carboxylic acid groups (broad SMARTS) is 1. The molecule has 0 saturated heterocycles. The highest BCUT2D eigenvalue weighted by molar-refractivity contribution is 6.30. The number of hydrogen-bond acceptors (Lipinski definition) is 4. The molecule has 2 unspecified atom stereocenters. The number of halogens is 2. The quantitative estimate of drug-likeness (QED) is 0.815. The lowest BCUT2D eigenvalue weighted by molar-refractivity contribution is -0.143. The van der Waals surface area contributed by atoms with Crippen molar-refractivity contribution in [2.24, 2.45) is 5.92 Å². The molecule has 27 heavy (non-hydrogen) atoms. The normalized spacial score (nSPS) is 16.6. The first-order valence-corrected chi connectivity index (χ1v) is 8.54. The first-order chi connectivity index (χ1) is 12.9. The van der Waals surface area contributed by atoms with Crippen molar-refractivity contribution >= 4 is 23.5 Å². The van der Waals surface area contributed by atoms with E-state index in [1.54, 1.807) is 18.2 Å². The van der Waals surface area contributed by atoms with E-state index in [4.69, 9.17) is 21.1 Å². The highest BCUT2D eigenvalue weighted by atomic mass is 35.5. The molecule has 3 rings (SSSR count). The third kappa shape index (κ3) is 4.14. The van der Waals surface area contributed by atoms with Gasteiger partial charge in [0.15, 0.2) is 17.6 Å². The Morgan fingerprint density at radius 1 is 1.33 bits per heavy atom. The van der Waals surface area contributed by atoms with Crippen LogP contribution >= 0.6 is 11.6 Å². The summed E-state index contributed by atoms with van der Waals surface area (Å²) in [6, 6.07) is 7.49. The molecule has 2 atom stereocenters. The summed E-state index contributed by atoms with van der Waals surface area (Å²) < 4.78 is 24.3. The summed E-state index contributed by atoms with van der Waals surface area (Å²) in [5.74, 6) is -2.45. The van der Waals surface area contributed by atoms with Crippen molar-refractivity contribution in [3.8, 4) is 11.5 Å². The van der Waals surface area contributed by atoms with Gasteiger partial charge in [-0.3, -0.25) is 4.79 Å². The van der Waals surface area contributed by atoms with E-state index in [0.29, 0.717) is 17.2 Å². The largest absolute Gasteiger partial charge is 0.494 e. The second kappa shape index (κ2) is 7.84. The first kappa shape index (κ1) is 19.0. The van der Waals surface area contributed by atoms with Crippen LogP contribution in [0.4, 0.5) is 4.39 Å². The molecule has 1 heterocycles. The van der Waals surface area contributed by atoms with Crippen LogP contribution in [0.3, 0.4) is 0 Å². The van der Waals surface area contributed by atoms with Gasteiger partial charge in [-0.25, -0.2) is 9.18 Å². The van der Waals surface area contributed by atoms with Crippen molar-refractivity contribution in [2.75, 3.05) is 13.7 Å². The Bertz CT molecular complexity index is 888. The van der Waals surface area contributed by atoms with Crippen molar-refractivity contribution in [3.05, 3.63) is 58.4 Å². The molecule has 0 aromatic heterocycles. The van der Waals surface area contributed by atoms with E-state index in [1.165, 1.54) is 19.2 Å². The summed E-state index contributed by atoms with van der Waals surface area (Å²) in [6.45, 7) is 0.115. The zero-order valence-corrected chi connectivity index (χ0v) is 15.1. The Balaban J connectivity index is 1.76. The Morgan fingerprint density at radius 2 is 2.11 bits per heavy atom. The average molecular weight is 394 g/mol. The molecule has 1 amide bonds. The Kier molecular flexibility index (Phi) is 5.51. The van der Waals surface area contributed by atoms with Gasteiger partial charge in [0.1, 0.15) is 12.4 Å². The van der Waals surface area contributed by atoms with E-state index in [1.807, 2.05) is 0 Å². The molecule has 1 aliphatic heterocycles. The highest BCUT2D eigenvalue weighted by Gasteiger charge is 2.30. The maximum Gasteiger partial charge on any atom is 0.330 e. The van der Waals surface area contributed by atoms with E-state index in [2.05, 4.69) is 5.32 Å². The summed E-state index contributed by atoms with van der Waals surface area (Å²) >= 11 is 5.97. The third-order valence-corrected chi connectivity index (χ3v) is 4.58. The van der Waals surface area contributed by atoms with Crippen molar-refractivity contribution in [1.29, 1.82) is 0 Å². The van der Waals surface area contributed by atoms with Gasteiger partial charge in [-0.2, -0.15) is 0 Å². The average Bonchev–Trinajstić information content (AvgIpc) is 2.64. The second-order valence-corrected chi connectivity index (χ2v) is 6.57. The fourth-order valence-electron chi connectivity index (χ4n) is 2.94. The Hall–Kier alpha value is -2.80. The zero-order valence-electron chi connectivity index (χ0n) is 14.4. The van der Waals surface area contributed by atoms with E-state index in [-0.39, 0.29) is 17.9 Å². The van der Waals surface area contributed by atoms with Crippen LogP contribution in [0, 0.1) is 11.7 Å². The van der Waals surface area contributed by atoms with Crippen LogP contribution in [0.15, 0.2) is 36.4 Å². The number of carboxylic acids is 1. The van der Waals surface area contributed by atoms with Gasteiger partial charge in [0.05, 0.1) is 13.0 Å². The van der Waals surface area contributed by atoms with E-state index in [0.717, 1.165) is 11.6 Å². The molecular formula is C19H17ClFNO5. The SMILES string of the molecule is COc1ccc(C(NC(=O)C2COc3ccc(Cl)cc3C2)C(=O)O)cc1F. The number of amides is 1. The zero-order chi connectivity index (χ0) is 19.6. The van der Waals surface area contributed by atoms with Gasteiger partial charge in [0.25, 0.3) is 0 Å². The van der Waals surface area contributed by atoms with E-state index >= 15 is 0 Å². The molecule has 0 aliphatic carbocycles. The van der Waals surface area contributed by atoms with Gasteiger partial charge < -0.3 is 19.9 Å². The highest BCUT2D eigenvalue weighted by Crippen LogP contribution is 2.30. The van der Waals surface area contributed by atoms with Crippen LogP contribution in [0.2, 0.25) is 5.02 Å². The van der Waals surface area contributed by atoms with Crippen LogP contribution in [0.5, 0.6) is 11.5 Å². The number of ether oxygens (including phenoxy) is 2. The molecule has 2 aromatic rings. The summed E-state index contributed by atoms with van der Waals surface area (Å²) in [4.78, 5) is 24.2. The van der Waals surface area contributed by atoms with Crippen molar-refractivity contribution in [1.82, 2.24) is 5.32 Å². The molecule has 142 valence electrons. The Morgan fingerprint density at radius 3 is 2.78 bits per heavy atom. The van der Waals surface area contributed by atoms with Gasteiger partial charge in [-0.05, 0) is 47.9 Å². The molecule has 6 nitrogen and oxygen atoms in total. The van der Waals surface area contributed by atoms with Crippen molar-refractivity contribution in [3.63, 3.8) is 0 Å². The predicted molar refractivity (Wildman–Crippen MR) is 95.6 cm³/mol. The number of aliphatic carboxylic acids is 1. The standard InChI is InChI=1S/C19H17ClFNO5/c1-26-16-4-2-10(8-14(16)21)17(19(24)25)22-18(23)12-6-11-7-13(20)3-5-15(11)27-9-12/h2-5,7-8,12,17H,6,9H2,1H3,(H,22,23)(H,24,25). The minimum absolute atomic E-state index is 0.0108. The predicted octanol–water partition coefficient (Wildman–Crippen LogP) is 2.98. The monoisotopic (exact) mass is 393 g/mol. The minimum atomic E-state index is -1.39. The second-order valence-electron chi connectivity index (χ2n) is 6.14. The Labute approximate surface area is 159 Å². The van der Waals surface area contributed by atoms with Crippen LogP contribution < -0.4 is 14.8 Å². The fraction of sp³-hybridized carbons (Fsp3) is 0.263. The maximum atomic E-state index is 13.9. The molecule has 1 aliphatic rings. The van der Waals surface area contributed by atoms with Crippen LogP contribution in [-0.4, -0.2) is 30.7 Å². The smallest absolute Gasteiger partial charge is 0.330 e.